The molecule has 1 aromatic heterocycles. The first kappa shape index (κ1) is 15.6. The van der Waals surface area contributed by atoms with Gasteiger partial charge in [0.1, 0.15) is 11.5 Å². The molecule has 1 fully saturated rings. The molecule has 1 unspecified atom stereocenters. The Bertz CT molecular complexity index is 388. The standard InChI is InChI=1S/C18H31NO/c1-4-12-19-18(17-13-14(2)20-15(17)3)16-10-8-6-5-7-9-11-16/h13,16,18-19H,4-12H2,1-3H3. The van der Waals surface area contributed by atoms with Crippen LogP contribution in [0.2, 0.25) is 0 Å². The maximum absolute atomic E-state index is 5.78. The van der Waals surface area contributed by atoms with Gasteiger partial charge < -0.3 is 9.73 Å². The first-order chi connectivity index (χ1) is 9.72. The Kier molecular flexibility index (Phi) is 6.15. The summed E-state index contributed by atoms with van der Waals surface area (Å²) in [5.74, 6) is 2.93. The first-order valence-corrected chi connectivity index (χ1v) is 8.52. The molecule has 0 saturated heterocycles. The quantitative estimate of drug-likeness (QED) is 0.790. The molecule has 1 heterocycles. The Morgan fingerprint density at radius 3 is 2.35 bits per heavy atom. The van der Waals surface area contributed by atoms with E-state index in [2.05, 4.69) is 32.2 Å². The third-order valence-corrected chi connectivity index (χ3v) is 4.65. The molecule has 1 N–H and O–H groups in total. The SMILES string of the molecule is CCCNC(c1cc(C)oc1C)C1CCCCCCC1. The Balaban J connectivity index is 2.14. The van der Waals surface area contributed by atoms with Crippen molar-refractivity contribution >= 4 is 0 Å². The molecule has 20 heavy (non-hydrogen) atoms. The topological polar surface area (TPSA) is 25.2 Å². The van der Waals surface area contributed by atoms with Crippen molar-refractivity contribution in [3.05, 3.63) is 23.2 Å². The van der Waals surface area contributed by atoms with Crippen LogP contribution >= 0.6 is 0 Å². The van der Waals surface area contributed by atoms with E-state index in [1.54, 1.807) is 0 Å². The van der Waals surface area contributed by atoms with E-state index >= 15 is 0 Å². The van der Waals surface area contributed by atoms with E-state index in [4.69, 9.17) is 4.42 Å². The van der Waals surface area contributed by atoms with E-state index in [1.807, 2.05) is 0 Å². The van der Waals surface area contributed by atoms with Crippen molar-refractivity contribution in [2.75, 3.05) is 6.54 Å². The van der Waals surface area contributed by atoms with Gasteiger partial charge in [0.2, 0.25) is 0 Å². The van der Waals surface area contributed by atoms with Gasteiger partial charge in [0.05, 0.1) is 0 Å². The molecule has 1 aromatic rings. The average molecular weight is 277 g/mol. The third-order valence-electron chi connectivity index (χ3n) is 4.65. The maximum atomic E-state index is 5.78. The van der Waals surface area contributed by atoms with Crippen LogP contribution in [0.4, 0.5) is 0 Å². The van der Waals surface area contributed by atoms with Gasteiger partial charge in [0.15, 0.2) is 0 Å². The highest BCUT2D eigenvalue weighted by molar-refractivity contribution is 5.25. The predicted octanol–water partition coefficient (Wildman–Crippen LogP) is 5.30. The lowest BCUT2D eigenvalue weighted by Gasteiger charge is -2.29. The molecule has 1 atom stereocenters. The molecule has 1 saturated carbocycles. The number of nitrogens with one attached hydrogen (secondary N) is 1. The van der Waals surface area contributed by atoms with Gasteiger partial charge in [-0.3, -0.25) is 0 Å². The smallest absolute Gasteiger partial charge is 0.105 e. The minimum Gasteiger partial charge on any atom is -0.466 e. The summed E-state index contributed by atoms with van der Waals surface area (Å²) < 4.78 is 5.78. The summed E-state index contributed by atoms with van der Waals surface area (Å²) in [5.41, 5.74) is 1.40. The number of hydrogen-bond acceptors (Lipinski definition) is 2. The van der Waals surface area contributed by atoms with E-state index in [9.17, 15) is 0 Å². The highest BCUT2D eigenvalue weighted by Crippen LogP contribution is 2.35. The monoisotopic (exact) mass is 277 g/mol. The summed E-state index contributed by atoms with van der Waals surface area (Å²) in [6, 6.07) is 2.74. The van der Waals surface area contributed by atoms with Gasteiger partial charge in [-0.05, 0) is 51.6 Å². The highest BCUT2D eigenvalue weighted by atomic mass is 16.3. The molecule has 114 valence electrons. The first-order valence-electron chi connectivity index (χ1n) is 8.52. The van der Waals surface area contributed by atoms with Crippen molar-refractivity contribution in [1.29, 1.82) is 0 Å². The van der Waals surface area contributed by atoms with Crippen molar-refractivity contribution in [1.82, 2.24) is 5.32 Å². The van der Waals surface area contributed by atoms with Crippen LogP contribution in [0.5, 0.6) is 0 Å². The Labute approximate surface area is 124 Å². The summed E-state index contributed by atoms with van der Waals surface area (Å²) in [4.78, 5) is 0. The van der Waals surface area contributed by atoms with Gasteiger partial charge in [-0.2, -0.15) is 0 Å². The van der Waals surface area contributed by atoms with Gasteiger partial charge in [-0.25, -0.2) is 0 Å². The molecule has 0 bridgehead atoms. The number of furan rings is 1. The molecule has 0 aromatic carbocycles. The van der Waals surface area contributed by atoms with Gasteiger partial charge in [0.25, 0.3) is 0 Å². The van der Waals surface area contributed by atoms with Crippen molar-refractivity contribution in [2.24, 2.45) is 5.92 Å². The van der Waals surface area contributed by atoms with Gasteiger partial charge >= 0.3 is 0 Å². The zero-order valence-corrected chi connectivity index (χ0v) is 13.5. The second kappa shape index (κ2) is 7.87. The van der Waals surface area contributed by atoms with Crippen molar-refractivity contribution in [3.63, 3.8) is 0 Å². The molecule has 0 radical (unpaired) electrons. The van der Waals surface area contributed by atoms with Crippen molar-refractivity contribution in [2.45, 2.75) is 78.2 Å². The average Bonchev–Trinajstić information content (AvgIpc) is 2.71. The fourth-order valence-electron chi connectivity index (χ4n) is 3.61. The number of hydrogen-bond donors (Lipinski definition) is 1. The van der Waals surface area contributed by atoms with Crippen LogP contribution in [-0.2, 0) is 0 Å². The fraction of sp³-hybridized carbons (Fsp3) is 0.778. The summed E-state index contributed by atoms with van der Waals surface area (Å²) in [7, 11) is 0. The van der Waals surface area contributed by atoms with Crippen LogP contribution in [0, 0.1) is 19.8 Å². The molecule has 0 amide bonds. The summed E-state index contributed by atoms with van der Waals surface area (Å²) in [6.45, 7) is 7.53. The molecular formula is C18H31NO. The molecule has 0 aliphatic heterocycles. The summed E-state index contributed by atoms with van der Waals surface area (Å²) >= 11 is 0. The molecule has 2 nitrogen and oxygen atoms in total. The minimum atomic E-state index is 0.491. The normalized spacial score (nSPS) is 19.6. The van der Waals surface area contributed by atoms with Gasteiger partial charge in [0, 0.05) is 11.6 Å². The number of rotatable bonds is 5. The van der Waals surface area contributed by atoms with E-state index in [0.29, 0.717) is 6.04 Å². The largest absolute Gasteiger partial charge is 0.466 e. The Morgan fingerprint density at radius 1 is 1.15 bits per heavy atom. The van der Waals surface area contributed by atoms with E-state index in [0.717, 1.165) is 24.0 Å². The lowest BCUT2D eigenvalue weighted by atomic mass is 9.82. The Morgan fingerprint density at radius 2 is 1.80 bits per heavy atom. The van der Waals surface area contributed by atoms with Gasteiger partial charge in [-0.1, -0.05) is 39.0 Å². The predicted molar refractivity (Wildman–Crippen MR) is 85.0 cm³/mol. The van der Waals surface area contributed by atoms with E-state index < -0.39 is 0 Å². The molecule has 1 aliphatic rings. The molecule has 2 heteroatoms. The molecular weight excluding hydrogens is 246 g/mol. The highest BCUT2D eigenvalue weighted by Gasteiger charge is 2.26. The minimum absolute atomic E-state index is 0.491. The van der Waals surface area contributed by atoms with Crippen LogP contribution in [0.3, 0.4) is 0 Å². The van der Waals surface area contributed by atoms with Crippen LogP contribution in [0.25, 0.3) is 0 Å². The molecule has 2 rings (SSSR count). The maximum Gasteiger partial charge on any atom is 0.105 e. The Hall–Kier alpha value is -0.760. The van der Waals surface area contributed by atoms with Crippen molar-refractivity contribution < 1.29 is 4.42 Å². The van der Waals surface area contributed by atoms with E-state index in [1.165, 1.54) is 56.9 Å². The molecule has 0 spiro atoms. The molecule has 1 aliphatic carbocycles. The van der Waals surface area contributed by atoms with Crippen molar-refractivity contribution in [3.8, 4) is 0 Å². The van der Waals surface area contributed by atoms with E-state index in [-0.39, 0.29) is 0 Å². The van der Waals surface area contributed by atoms with Crippen LogP contribution < -0.4 is 5.32 Å². The fourth-order valence-corrected chi connectivity index (χ4v) is 3.61. The van der Waals surface area contributed by atoms with Crippen LogP contribution in [0.15, 0.2) is 10.5 Å². The third kappa shape index (κ3) is 4.12. The van der Waals surface area contributed by atoms with Crippen LogP contribution in [-0.4, -0.2) is 6.54 Å². The zero-order valence-electron chi connectivity index (χ0n) is 13.5. The lowest BCUT2D eigenvalue weighted by Crippen LogP contribution is -2.29. The van der Waals surface area contributed by atoms with Crippen LogP contribution in [0.1, 0.15) is 81.4 Å². The second-order valence-corrected chi connectivity index (χ2v) is 6.41. The number of aryl methyl sites for hydroxylation is 2. The van der Waals surface area contributed by atoms with Gasteiger partial charge in [-0.15, -0.1) is 0 Å². The second-order valence-electron chi connectivity index (χ2n) is 6.41. The zero-order chi connectivity index (χ0) is 14.4. The summed E-state index contributed by atoms with van der Waals surface area (Å²) in [5, 5.41) is 3.80. The summed E-state index contributed by atoms with van der Waals surface area (Å²) in [6.07, 6.45) is 11.0. The lowest BCUT2D eigenvalue weighted by molar-refractivity contribution is 0.286.